The third kappa shape index (κ3) is 5.77. The number of nitrogens with one attached hydrogen (secondary N) is 3. The fraction of sp³-hybridized carbons (Fsp3) is 0.238. The Balaban J connectivity index is 1.61. The van der Waals surface area contributed by atoms with Crippen LogP contribution in [0, 0.1) is 0 Å². The average molecular weight is 426 g/mol. The standard InChI is InChI=1S/C21H22N4O4S/c1-3-4-10-28-16-7-5-6-14(11-16)19(27)24-21(30)25-20-23-17-9-8-15(22-13(2)26)12-18(17)29-20/h5-9,11-12H,3-4,10H2,1-2H3,(H,22,26)(H2,23,24,25,27,30). The molecule has 8 nitrogen and oxygen atoms in total. The summed E-state index contributed by atoms with van der Waals surface area (Å²) in [6, 6.07) is 12.1. The van der Waals surface area contributed by atoms with Crippen LogP contribution in [0.2, 0.25) is 0 Å². The number of benzene rings is 2. The maximum absolute atomic E-state index is 12.5. The van der Waals surface area contributed by atoms with Gasteiger partial charge in [-0.05, 0) is 49.0 Å². The van der Waals surface area contributed by atoms with Gasteiger partial charge in [-0.25, -0.2) is 0 Å². The molecule has 0 saturated heterocycles. The first-order valence-electron chi connectivity index (χ1n) is 9.48. The predicted molar refractivity (Wildman–Crippen MR) is 119 cm³/mol. The van der Waals surface area contributed by atoms with Crippen LogP contribution >= 0.6 is 12.2 Å². The minimum atomic E-state index is -0.377. The summed E-state index contributed by atoms with van der Waals surface area (Å²) in [7, 11) is 0. The Morgan fingerprint density at radius 3 is 2.77 bits per heavy atom. The summed E-state index contributed by atoms with van der Waals surface area (Å²) in [6.45, 7) is 4.11. The van der Waals surface area contributed by atoms with Crippen molar-refractivity contribution >= 4 is 51.9 Å². The normalized spacial score (nSPS) is 10.5. The number of anilines is 2. The van der Waals surface area contributed by atoms with Crippen LogP contribution in [0.1, 0.15) is 37.0 Å². The van der Waals surface area contributed by atoms with E-state index in [1.165, 1.54) is 6.92 Å². The Hall–Kier alpha value is -3.46. The van der Waals surface area contributed by atoms with Crippen molar-refractivity contribution in [2.45, 2.75) is 26.7 Å². The molecule has 3 rings (SSSR count). The van der Waals surface area contributed by atoms with E-state index in [4.69, 9.17) is 21.4 Å². The van der Waals surface area contributed by atoms with E-state index in [1.54, 1.807) is 42.5 Å². The van der Waals surface area contributed by atoms with Crippen LogP contribution in [0.5, 0.6) is 5.75 Å². The maximum atomic E-state index is 12.5. The lowest BCUT2D eigenvalue weighted by Crippen LogP contribution is -2.34. The Morgan fingerprint density at radius 2 is 2.00 bits per heavy atom. The Kier molecular flexibility index (Phi) is 6.97. The molecular weight excluding hydrogens is 404 g/mol. The topological polar surface area (TPSA) is 105 Å². The third-order valence-corrected chi connectivity index (χ3v) is 4.22. The van der Waals surface area contributed by atoms with Crippen molar-refractivity contribution in [3.63, 3.8) is 0 Å². The number of fused-ring (bicyclic) bond motifs is 1. The lowest BCUT2D eigenvalue weighted by molar-refractivity contribution is -0.114. The van der Waals surface area contributed by atoms with Crippen molar-refractivity contribution in [2.24, 2.45) is 0 Å². The molecule has 0 radical (unpaired) electrons. The van der Waals surface area contributed by atoms with Crippen molar-refractivity contribution < 1.29 is 18.7 Å². The van der Waals surface area contributed by atoms with E-state index in [1.807, 2.05) is 0 Å². The lowest BCUT2D eigenvalue weighted by atomic mass is 10.2. The predicted octanol–water partition coefficient (Wildman–Crippen LogP) is 4.09. The van der Waals surface area contributed by atoms with Gasteiger partial charge in [0, 0.05) is 24.2 Å². The van der Waals surface area contributed by atoms with Gasteiger partial charge in [0.15, 0.2) is 10.7 Å². The number of carbonyl (C=O) groups is 2. The molecule has 1 aromatic heterocycles. The van der Waals surface area contributed by atoms with E-state index in [0.29, 0.717) is 34.7 Å². The maximum Gasteiger partial charge on any atom is 0.302 e. The number of aromatic nitrogens is 1. The minimum Gasteiger partial charge on any atom is -0.494 e. The van der Waals surface area contributed by atoms with Gasteiger partial charge in [0.2, 0.25) is 5.91 Å². The fourth-order valence-electron chi connectivity index (χ4n) is 2.62. The molecule has 2 aromatic carbocycles. The van der Waals surface area contributed by atoms with Crippen LogP contribution in [-0.4, -0.2) is 28.5 Å². The fourth-order valence-corrected chi connectivity index (χ4v) is 2.80. The number of rotatable bonds is 7. The SMILES string of the molecule is CCCCOc1cccc(C(=O)NC(=S)Nc2nc3ccc(NC(C)=O)cc3o2)c1. The average Bonchev–Trinajstić information content (AvgIpc) is 3.09. The second kappa shape index (κ2) is 9.84. The summed E-state index contributed by atoms with van der Waals surface area (Å²) in [5, 5.41) is 8.06. The van der Waals surface area contributed by atoms with Gasteiger partial charge in [-0.1, -0.05) is 19.4 Å². The molecule has 0 aliphatic rings. The zero-order valence-electron chi connectivity index (χ0n) is 16.7. The van der Waals surface area contributed by atoms with E-state index < -0.39 is 0 Å². The molecule has 156 valence electrons. The van der Waals surface area contributed by atoms with Crippen LogP contribution in [0.4, 0.5) is 11.7 Å². The smallest absolute Gasteiger partial charge is 0.302 e. The molecule has 0 bridgehead atoms. The summed E-state index contributed by atoms with van der Waals surface area (Å²) in [4.78, 5) is 27.9. The van der Waals surface area contributed by atoms with E-state index in [2.05, 4.69) is 27.9 Å². The quantitative estimate of drug-likeness (QED) is 0.386. The highest BCUT2D eigenvalue weighted by molar-refractivity contribution is 7.80. The molecule has 0 unspecified atom stereocenters. The van der Waals surface area contributed by atoms with Gasteiger partial charge in [0.05, 0.1) is 6.61 Å². The zero-order chi connectivity index (χ0) is 21.5. The number of thiocarbonyl (C=S) groups is 1. The zero-order valence-corrected chi connectivity index (χ0v) is 17.5. The molecular formula is C21H22N4O4S. The number of carbonyl (C=O) groups excluding carboxylic acids is 2. The van der Waals surface area contributed by atoms with Crippen molar-refractivity contribution in [3.8, 4) is 5.75 Å². The molecule has 3 aromatic rings. The third-order valence-electron chi connectivity index (χ3n) is 4.02. The Bertz CT molecular complexity index is 1080. The molecule has 0 atom stereocenters. The first-order chi connectivity index (χ1) is 14.4. The van der Waals surface area contributed by atoms with Crippen molar-refractivity contribution in [1.29, 1.82) is 0 Å². The highest BCUT2D eigenvalue weighted by atomic mass is 32.1. The van der Waals surface area contributed by atoms with E-state index in [9.17, 15) is 9.59 Å². The monoisotopic (exact) mass is 426 g/mol. The van der Waals surface area contributed by atoms with Gasteiger partial charge in [0.1, 0.15) is 11.3 Å². The molecule has 9 heteroatoms. The highest BCUT2D eigenvalue weighted by Crippen LogP contribution is 2.22. The van der Waals surface area contributed by atoms with E-state index in [0.717, 1.165) is 12.8 Å². The summed E-state index contributed by atoms with van der Waals surface area (Å²) in [5.74, 6) is 0.0670. The van der Waals surface area contributed by atoms with Gasteiger partial charge >= 0.3 is 6.01 Å². The Labute approximate surface area is 179 Å². The molecule has 3 N–H and O–H groups in total. The molecule has 0 spiro atoms. The number of ether oxygens (including phenoxy) is 1. The van der Waals surface area contributed by atoms with Gasteiger partial charge in [0.25, 0.3) is 5.91 Å². The molecule has 0 aliphatic carbocycles. The number of amides is 2. The summed E-state index contributed by atoms with van der Waals surface area (Å²) in [6.07, 6.45) is 1.98. The number of hydrogen-bond donors (Lipinski definition) is 3. The van der Waals surface area contributed by atoms with Crippen LogP contribution < -0.4 is 20.7 Å². The first-order valence-corrected chi connectivity index (χ1v) is 9.89. The van der Waals surface area contributed by atoms with Crippen molar-refractivity contribution in [3.05, 3.63) is 48.0 Å². The molecule has 1 heterocycles. The van der Waals surface area contributed by atoms with Crippen LogP contribution in [-0.2, 0) is 4.79 Å². The molecule has 0 fully saturated rings. The van der Waals surface area contributed by atoms with Crippen LogP contribution in [0.15, 0.2) is 46.9 Å². The van der Waals surface area contributed by atoms with Gasteiger partial charge < -0.3 is 14.5 Å². The number of unbranched alkanes of at least 4 members (excludes halogenated alkanes) is 1. The van der Waals surface area contributed by atoms with Gasteiger partial charge in [-0.2, -0.15) is 4.98 Å². The summed E-state index contributed by atoms with van der Waals surface area (Å²) >= 11 is 5.19. The lowest BCUT2D eigenvalue weighted by Gasteiger charge is -2.09. The van der Waals surface area contributed by atoms with Gasteiger partial charge in [-0.3, -0.25) is 20.2 Å². The summed E-state index contributed by atoms with van der Waals surface area (Å²) in [5.41, 5.74) is 2.06. The number of nitrogens with zero attached hydrogens (tertiary/aromatic N) is 1. The Morgan fingerprint density at radius 1 is 1.17 bits per heavy atom. The largest absolute Gasteiger partial charge is 0.494 e. The minimum absolute atomic E-state index is 0.0472. The van der Waals surface area contributed by atoms with Crippen molar-refractivity contribution in [2.75, 3.05) is 17.2 Å². The van der Waals surface area contributed by atoms with Gasteiger partial charge in [-0.15, -0.1) is 0 Å². The molecule has 2 amide bonds. The highest BCUT2D eigenvalue weighted by Gasteiger charge is 2.12. The first kappa shape index (κ1) is 21.3. The molecule has 0 saturated carbocycles. The number of hydrogen-bond acceptors (Lipinski definition) is 6. The van der Waals surface area contributed by atoms with Crippen LogP contribution in [0.3, 0.4) is 0 Å². The molecule has 30 heavy (non-hydrogen) atoms. The van der Waals surface area contributed by atoms with Crippen molar-refractivity contribution in [1.82, 2.24) is 10.3 Å². The second-order valence-electron chi connectivity index (χ2n) is 6.52. The second-order valence-corrected chi connectivity index (χ2v) is 6.93. The van der Waals surface area contributed by atoms with E-state index in [-0.39, 0.29) is 22.9 Å². The summed E-state index contributed by atoms with van der Waals surface area (Å²) < 4.78 is 11.2. The molecule has 0 aliphatic heterocycles. The van der Waals surface area contributed by atoms with Crippen LogP contribution in [0.25, 0.3) is 11.1 Å². The number of oxazole rings is 1. The van der Waals surface area contributed by atoms with E-state index >= 15 is 0 Å².